The summed E-state index contributed by atoms with van der Waals surface area (Å²) in [5.74, 6) is 0.747. The van der Waals surface area contributed by atoms with Crippen LogP contribution in [-0.2, 0) is 11.3 Å². The molecule has 0 fully saturated rings. The van der Waals surface area contributed by atoms with Crippen molar-refractivity contribution in [3.63, 3.8) is 0 Å². The van der Waals surface area contributed by atoms with E-state index >= 15 is 0 Å². The first-order valence-electron chi connectivity index (χ1n) is 6.63. The zero-order valence-corrected chi connectivity index (χ0v) is 11.5. The van der Waals surface area contributed by atoms with Crippen LogP contribution < -0.4 is 9.64 Å². The van der Waals surface area contributed by atoms with Crippen molar-refractivity contribution in [2.45, 2.75) is 26.5 Å². The maximum atomic E-state index is 12.4. The van der Waals surface area contributed by atoms with Gasteiger partial charge in [0.15, 0.2) is 6.10 Å². The van der Waals surface area contributed by atoms with Crippen LogP contribution in [0, 0.1) is 6.92 Å². The van der Waals surface area contributed by atoms with E-state index in [2.05, 4.69) is 4.98 Å². The standard InChI is InChI=1S/C16H16N2O2/c1-11-3-4-15-14(9-11)18(16(19)12(2)20-15)10-13-5-7-17-8-6-13/h3-9,12H,10H2,1-2H3/t12-/m1/s1. The molecule has 2 heterocycles. The van der Waals surface area contributed by atoms with E-state index in [1.54, 1.807) is 24.2 Å². The molecule has 0 spiro atoms. The van der Waals surface area contributed by atoms with Crippen molar-refractivity contribution >= 4 is 11.6 Å². The minimum Gasteiger partial charge on any atom is -0.479 e. The third-order valence-corrected chi connectivity index (χ3v) is 3.41. The van der Waals surface area contributed by atoms with E-state index in [9.17, 15) is 4.79 Å². The van der Waals surface area contributed by atoms with Gasteiger partial charge in [0.05, 0.1) is 12.2 Å². The highest BCUT2D eigenvalue weighted by Crippen LogP contribution is 2.35. The molecular weight excluding hydrogens is 252 g/mol. The largest absolute Gasteiger partial charge is 0.479 e. The molecule has 1 aromatic carbocycles. The topological polar surface area (TPSA) is 42.4 Å². The Kier molecular flexibility index (Phi) is 3.14. The fourth-order valence-electron chi connectivity index (χ4n) is 2.35. The van der Waals surface area contributed by atoms with E-state index < -0.39 is 6.10 Å². The van der Waals surface area contributed by atoms with Crippen LogP contribution in [0.3, 0.4) is 0 Å². The summed E-state index contributed by atoms with van der Waals surface area (Å²) in [6.45, 7) is 4.32. The Bertz CT molecular complexity index is 640. The van der Waals surface area contributed by atoms with E-state index in [-0.39, 0.29) is 5.91 Å². The first-order chi connectivity index (χ1) is 9.65. The number of nitrogens with zero attached hydrogens (tertiary/aromatic N) is 2. The predicted molar refractivity (Wildman–Crippen MR) is 76.7 cm³/mol. The maximum absolute atomic E-state index is 12.4. The van der Waals surface area contributed by atoms with E-state index in [0.29, 0.717) is 6.54 Å². The Labute approximate surface area is 118 Å². The van der Waals surface area contributed by atoms with Crippen molar-refractivity contribution in [1.29, 1.82) is 0 Å². The van der Waals surface area contributed by atoms with Crippen LogP contribution >= 0.6 is 0 Å². The number of aromatic nitrogens is 1. The summed E-state index contributed by atoms with van der Waals surface area (Å²) in [6, 6.07) is 9.74. The van der Waals surface area contributed by atoms with Gasteiger partial charge in [0, 0.05) is 12.4 Å². The van der Waals surface area contributed by atoms with Gasteiger partial charge in [-0.15, -0.1) is 0 Å². The Morgan fingerprint density at radius 1 is 1.25 bits per heavy atom. The Morgan fingerprint density at radius 3 is 2.75 bits per heavy atom. The molecule has 0 saturated carbocycles. The van der Waals surface area contributed by atoms with Crippen LogP contribution in [-0.4, -0.2) is 17.0 Å². The van der Waals surface area contributed by atoms with E-state index in [1.807, 2.05) is 37.3 Å². The summed E-state index contributed by atoms with van der Waals surface area (Å²) in [5.41, 5.74) is 2.99. The average molecular weight is 268 g/mol. The summed E-state index contributed by atoms with van der Waals surface area (Å²) >= 11 is 0. The number of carbonyl (C=O) groups is 1. The lowest BCUT2D eigenvalue weighted by atomic mass is 10.1. The molecule has 2 aromatic rings. The molecule has 1 aliphatic heterocycles. The lowest BCUT2D eigenvalue weighted by molar-refractivity contribution is -0.125. The van der Waals surface area contributed by atoms with Gasteiger partial charge in [-0.2, -0.15) is 0 Å². The molecule has 0 saturated heterocycles. The second-order valence-corrected chi connectivity index (χ2v) is 5.01. The second-order valence-electron chi connectivity index (χ2n) is 5.01. The molecule has 0 unspecified atom stereocenters. The minimum absolute atomic E-state index is 0.0140. The van der Waals surface area contributed by atoms with E-state index in [4.69, 9.17) is 4.74 Å². The Hall–Kier alpha value is -2.36. The number of pyridine rings is 1. The highest BCUT2D eigenvalue weighted by Gasteiger charge is 2.31. The molecule has 4 heteroatoms. The number of aryl methyl sites for hydroxylation is 1. The average Bonchev–Trinajstić information content (AvgIpc) is 2.46. The number of rotatable bonds is 2. The summed E-state index contributed by atoms with van der Waals surface area (Å²) < 4.78 is 5.66. The Balaban J connectivity index is 2.00. The van der Waals surface area contributed by atoms with Gasteiger partial charge in [-0.25, -0.2) is 0 Å². The van der Waals surface area contributed by atoms with Gasteiger partial charge >= 0.3 is 0 Å². The van der Waals surface area contributed by atoms with E-state index in [1.165, 1.54) is 0 Å². The second kappa shape index (κ2) is 4.96. The van der Waals surface area contributed by atoms with Crippen LogP contribution in [0.4, 0.5) is 5.69 Å². The first-order valence-corrected chi connectivity index (χ1v) is 6.63. The number of benzene rings is 1. The molecule has 102 valence electrons. The molecule has 0 N–H and O–H groups in total. The van der Waals surface area contributed by atoms with Crippen LogP contribution in [0.15, 0.2) is 42.7 Å². The summed E-state index contributed by atoms with van der Waals surface area (Å²) in [7, 11) is 0. The van der Waals surface area contributed by atoms with Crippen LogP contribution in [0.1, 0.15) is 18.1 Å². The molecule has 20 heavy (non-hydrogen) atoms. The van der Waals surface area contributed by atoms with Gasteiger partial charge in [0.1, 0.15) is 5.75 Å². The van der Waals surface area contributed by atoms with Crippen molar-refractivity contribution in [2.24, 2.45) is 0 Å². The SMILES string of the molecule is Cc1ccc2c(c1)N(Cc1ccncc1)C(=O)[C@@H](C)O2. The summed E-state index contributed by atoms with van der Waals surface area (Å²) in [6.07, 6.45) is 3.02. The number of carbonyl (C=O) groups excluding carboxylic acids is 1. The third kappa shape index (κ3) is 2.25. The molecular formula is C16H16N2O2. The van der Waals surface area contributed by atoms with Gasteiger partial charge in [-0.3, -0.25) is 9.78 Å². The minimum atomic E-state index is -0.452. The monoisotopic (exact) mass is 268 g/mol. The predicted octanol–water partition coefficient (Wildman–Crippen LogP) is 2.70. The molecule has 1 amide bonds. The highest BCUT2D eigenvalue weighted by atomic mass is 16.5. The van der Waals surface area contributed by atoms with Crippen LogP contribution in [0.25, 0.3) is 0 Å². The van der Waals surface area contributed by atoms with Gasteiger partial charge < -0.3 is 9.64 Å². The Morgan fingerprint density at radius 2 is 2.00 bits per heavy atom. The number of ether oxygens (including phenoxy) is 1. The van der Waals surface area contributed by atoms with Crippen molar-refractivity contribution in [1.82, 2.24) is 4.98 Å². The van der Waals surface area contributed by atoms with Gasteiger partial charge in [0.2, 0.25) is 0 Å². The molecule has 1 aromatic heterocycles. The van der Waals surface area contributed by atoms with Gasteiger partial charge in [0.25, 0.3) is 5.91 Å². The fraction of sp³-hybridized carbons (Fsp3) is 0.250. The lowest BCUT2D eigenvalue weighted by Crippen LogP contribution is -2.44. The normalized spacial score (nSPS) is 17.6. The number of hydrogen-bond acceptors (Lipinski definition) is 3. The molecule has 1 aliphatic rings. The molecule has 0 radical (unpaired) electrons. The zero-order chi connectivity index (χ0) is 14.1. The zero-order valence-electron chi connectivity index (χ0n) is 11.5. The summed E-state index contributed by atoms with van der Waals surface area (Å²) in [5, 5.41) is 0. The smallest absolute Gasteiger partial charge is 0.268 e. The van der Waals surface area contributed by atoms with Crippen molar-refractivity contribution in [3.05, 3.63) is 53.9 Å². The first kappa shape index (κ1) is 12.7. The van der Waals surface area contributed by atoms with Crippen molar-refractivity contribution in [2.75, 3.05) is 4.90 Å². The fourth-order valence-corrected chi connectivity index (χ4v) is 2.35. The molecule has 4 nitrogen and oxygen atoms in total. The molecule has 0 aliphatic carbocycles. The lowest BCUT2D eigenvalue weighted by Gasteiger charge is -2.33. The molecule has 1 atom stereocenters. The van der Waals surface area contributed by atoms with Crippen LogP contribution in [0.5, 0.6) is 5.75 Å². The number of fused-ring (bicyclic) bond motifs is 1. The van der Waals surface area contributed by atoms with Crippen molar-refractivity contribution in [3.8, 4) is 5.75 Å². The number of anilines is 1. The third-order valence-electron chi connectivity index (χ3n) is 3.41. The van der Waals surface area contributed by atoms with Crippen molar-refractivity contribution < 1.29 is 9.53 Å². The molecule has 3 rings (SSSR count). The van der Waals surface area contributed by atoms with Crippen LogP contribution in [0.2, 0.25) is 0 Å². The summed E-state index contributed by atoms with van der Waals surface area (Å²) in [4.78, 5) is 18.2. The van der Waals surface area contributed by atoms with E-state index in [0.717, 1.165) is 22.6 Å². The number of amides is 1. The maximum Gasteiger partial charge on any atom is 0.268 e. The number of hydrogen-bond donors (Lipinski definition) is 0. The molecule has 0 bridgehead atoms. The quantitative estimate of drug-likeness (QED) is 0.841. The highest BCUT2D eigenvalue weighted by molar-refractivity contribution is 5.99. The van der Waals surface area contributed by atoms with Gasteiger partial charge in [-0.1, -0.05) is 6.07 Å². The van der Waals surface area contributed by atoms with Gasteiger partial charge in [-0.05, 0) is 49.2 Å².